The molecule has 0 atom stereocenters. The van der Waals surface area contributed by atoms with Gasteiger partial charge in [0, 0.05) is 5.56 Å². The molecule has 0 unspecified atom stereocenters. The van der Waals surface area contributed by atoms with Crippen LogP contribution in [0, 0.1) is 0 Å². The van der Waals surface area contributed by atoms with Crippen LogP contribution >= 0.6 is 0 Å². The summed E-state index contributed by atoms with van der Waals surface area (Å²) < 4.78 is 17.0. The highest BCUT2D eigenvalue weighted by molar-refractivity contribution is 5.47. The zero-order chi connectivity index (χ0) is 15.2. The van der Waals surface area contributed by atoms with E-state index in [4.69, 9.17) is 14.2 Å². The molecule has 1 saturated heterocycles. The van der Waals surface area contributed by atoms with E-state index in [0.29, 0.717) is 6.61 Å². The fourth-order valence-corrected chi connectivity index (χ4v) is 2.32. The Hall–Kier alpha value is -2.10. The summed E-state index contributed by atoms with van der Waals surface area (Å²) in [4.78, 5) is 0. The first-order valence-electron chi connectivity index (χ1n) is 7.52. The lowest BCUT2D eigenvalue weighted by Gasteiger charge is -2.23. The minimum absolute atomic E-state index is 0.241. The topological polar surface area (TPSA) is 27.7 Å². The van der Waals surface area contributed by atoms with Crippen molar-refractivity contribution in [3.63, 3.8) is 0 Å². The second-order valence-corrected chi connectivity index (χ2v) is 5.23. The molecule has 22 heavy (non-hydrogen) atoms. The number of rotatable bonds is 5. The number of hydrogen-bond acceptors (Lipinski definition) is 3. The van der Waals surface area contributed by atoms with Gasteiger partial charge in [-0.25, -0.2) is 0 Å². The fraction of sp³-hybridized carbons (Fsp3) is 0.263. The predicted molar refractivity (Wildman–Crippen MR) is 86.6 cm³/mol. The molecule has 0 bridgehead atoms. The highest BCUT2D eigenvalue weighted by atomic mass is 16.7. The van der Waals surface area contributed by atoms with Crippen molar-refractivity contribution in [1.82, 2.24) is 0 Å². The van der Waals surface area contributed by atoms with Gasteiger partial charge < -0.3 is 14.2 Å². The normalized spacial score (nSPS) is 15.5. The van der Waals surface area contributed by atoms with Gasteiger partial charge in [0.25, 0.3) is 0 Å². The van der Waals surface area contributed by atoms with E-state index in [1.54, 1.807) is 0 Å². The summed E-state index contributed by atoms with van der Waals surface area (Å²) in [6, 6.07) is 16.1. The Morgan fingerprint density at radius 3 is 2.32 bits per heavy atom. The SMILES string of the molecule is C=Cc1ccc(COc2ccc(C3OCCCO3)cc2)cc1. The quantitative estimate of drug-likeness (QED) is 0.821. The minimum atomic E-state index is -0.241. The van der Waals surface area contributed by atoms with Crippen molar-refractivity contribution in [1.29, 1.82) is 0 Å². The van der Waals surface area contributed by atoms with E-state index in [1.165, 1.54) is 0 Å². The van der Waals surface area contributed by atoms with Crippen molar-refractivity contribution in [2.24, 2.45) is 0 Å². The Morgan fingerprint density at radius 1 is 1.00 bits per heavy atom. The predicted octanol–water partition coefficient (Wildman–Crippen LogP) is 4.34. The molecule has 0 radical (unpaired) electrons. The van der Waals surface area contributed by atoms with Crippen LogP contribution in [0.4, 0.5) is 0 Å². The van der Waals surface area contributed by atoms with Crippen molar-refractivity contribution in [2.45, 2.75) is 19.3 Å². The van der Waals surface area contributed by atoms with Gasteiger partial charge in [-0.3, -0.25) is 0 Å². The van der Waals surface area contributed by atoms with Gasteiger partial charge in [-0.05, 0) is 29.7 Å². The van der Waals surface area contributed by atoms with Crippen LogP contribution in [0.2, 0.25) is 0 Å². The standard InChI is InChI=1S/C19H20O3/c1-2-15-4-6-16(7-5-15)14-22-18-10-8-17(9-11-18)19-20-12-3-13-21-19/h2,4-11,19H,1,3,12-14H2. The van der Waals surface area contributed by atoms with Crippen LogP contribution in [0.1, 0.15) is 29.4 Å². The van der Waals surface area contributed by atoms with Gasteiger partial charge in [-0.15, -0.1) is 0 Å². The van der Waals surface area contributed by atoms with E-state index in [2.05, 4.69) is 18.7 Å². The Balaban J connectivity index is 1.57. The highest BCUT2D eigenvalue weighted by Crippen LogP contribution is 2.25. The maximum absolute atomic E-state index is 5.80. The van der Waals surface area contributed by atoms with E-state index in [9.17, 15) is 0 Å². The molecule has 0 aromatic heterocycles. The summed E-state index contributed by atoms with van der Waals surface area (Å²) >= 11 is 0. The van der Waals surface area contributed by atoms with Crippen LogP contribution in [0.15, 0.2) is 55.1 Å². The molecule has 2 aromatic carbocycles. The molecule has 1 heterocycles. The van der Waals surface area contributed by atoms with E-state index >= 15 is 0 Å². The van der Waals surface area contributed by atoms with Crippen LogP contribution in [-0.4, -0.2) is 13.2 Å². The zero-order valence-corrected chi connectivity index (χ0v) is 12.5. The van der Waals surface area contributed by atoms with Gasteiger partial charge in [0.1, 0.15) is 12.4 Å². The monoisotopic (exact) mass is 296 g/mol. The first kappa shape index (κ1) is 14.8. The Morgan fingerprint density at radius 2 is 1.68 bits per heavy atom. The molecule has 0 spiro atoms. The van der Waals surface area contributed by atoms with Crippen LogP contribution < -0.4 is 4.74 Å². The first-order chi connectivity index (χ1) is 10.8. The van der Waals surface area contributed by atoms with Crippen LogP contribution in [0.5, 0.6) is 5.75 Å². The molecule has 0 aliphatic carbocycles. The van der Waals surface area contributed by atoms with Gasteiger partial charge in [0.15, 0.2) is 6.29 Å². The summed E-state index contributed by atoms with van der Waals surface area (Å²) in [5.41, 5.74) is 3.27. The molecule has 2 aromatic rings. The average molecular weight is 296 g/mol. The Bertz CT molecular complexity index is 596. The molecule has 1 fully saturated rings. The van der Waals surface area contributed by atoms with Gasteiger partial charge in [-0.2, -0.15) is 0 Å². The van der Waals surface area contributed by atoms with Crippen molar-refractivity contribution < 1.29 is 14.2 Å². The molecular weight excluding hydrogens is 276 g/mol. The summed E-state index contributed by atoms with van der Waals surface area (Å²) in [7, 11) is 0. The number of benzene rings is 2. The summed E-state index contributed by atoms with van der Waals surface area (Å²) in [6.07, 6.45) is 2.55. The van der Waals surface area contributed by atoms with E-state index in [-0.39, 0.29) is 6.29 Å². The van der Waals surface area contributed by atoms with Gasteiger partial charge in [-0.1, -0.05) is 49.1 Å². The summed E-state index contributed by atoms with van der Waals surface area (Å²) in [5.74, 6) is 0.840. The van der Waals surface area contributed by atoms with E-state index in [1.807, 2.05) is 42.5 Å². The second kappa shape index (κ2) is 7.25. The molecule has 0 saturated carbocycles. The van der Waals surface area contributed by atoms with Crippen molar-refractivity contribution >= 4 is 6.08 Å². The van der Waals surface area contributed by atoms with Crippen LogP contribution in [0.3, 0.4) is 0 Å². The van der Waals surface area contributed by atoms with E-state index in [0.717, 1.165) is 42.1 Å². The second-order valence-electron chi connectivity index (χ2n) is 5.23. The minimum Gasteiger partial charge on any atom is -0.489 e. The maximum Gasteiger partial charge on any atom is 0.183 e. The van der Waals surface area contributed by atoms with Gasteiger partial charge in [0.05, 0.1) is 13.2 Å². The molecule has 0 amide bonds. The third-order valence-electron chi connectivity index (χ3n) is 3.60. The third kappa shape index (κ3) is 3.75. The maximum atomic E-state index is 5.80. The lowest BCUT2D eigenvalue weighted by molar-refractivity contribution is -0.183. The summed E-state index contributed by atoms with van der Waals surface area (Å²) in [6.45, 7) is 5.81. The fourth-order valence-electron chi connectivity index (χ4n) is 2.32. The molecule has 1 aliphatic rings. The number of ether oxygens (including phenoxy) is 3. The molecule has 3 nitrogen and oxygen atoms in total. The molecule has 1 aliphatic heterocycles. The average Bonchev–Trinajstić information content (AvgIpc) is 2.61. The van der Waals surface area contributed by atoms with Crippen molar-refractivity contribution in [3.05, 3.63) is 71.8 Å². The molecular formula is C19H20O3. The van der Waals surface area contributed by atoms with Crippen LogP contribution in [-0.2, 0) is 16.1 Å². The largest absolute Gasteiger partial charge is 0.489 e. The van der Waals surface area contributed by atoms with E-state index < -0.39 is 0 Å². The Labute approximate surface area is 131 Å². The smallest absolute Gasteiger partial charge is 0.183 e. The van der Waals surface area contributed by atoms with Crippen molar-refractivity contribution in [3.8, 4) is 5.75 Å². The summed E-state index contributed by atoms with van der Waals surface area (Å²) in [5, 5.41) is 0. The lowest BCUT2D eigenvalue weighted by Crippen LogP contribution is -2.17. The molecule has 3 rings (SSSR count). The third-order valence-corrected chi connectivity index (χ3v) is 3.60. The van der Waals surface area contributed by atoms with Gasteiger partial charge >= 0.3 is 0 Å². The Kier molecular flexibility index (Phi) is 4.88. The van der Waals surface area contributed by atoms with Gasteiger partial charge in [0.2, 0.25) is 0 Å². The number of hydrogen-bond donors (Lipinski definition) is 0. The molecule has 3 heteroatoms. The lowest BCUT2D eigenvalue weighted by atomic mass is 10.1. The molecule has 114 valence electrons. The zero-order valence-electron chi connectivity index (χ0n) is 12.5. The van der Waals surface area contributed by atoms with Crippen LogP contribution in [0.25, 0.3) is 6.08 Å². The highest BCUT2D eigenvalue weighted by Gasteiger charge is 2.16. The van der Waals surface area contributed by atoms with Crippen molar-refractivity contribution in [2.75, 3.05) is 13.2 Å². The first-order valence-corrected chi connectivity index (χ1v) is 7.52. The molecule has 0 N–H and O–H groups in total.